The maximum absolute atomic E-state index is 12.2. The largest absolute Gasteiger partial charge is 0.354 e. The Morgan fingerprint density at radius 3 is 2.39 bits per heavy atom. The highest BCUT2D eigenvalue weighted by atomic mass is 32.2. The molecule has 4 rings (SSSR count). The number of rotatable bonds is 5. The predicted octanol–water partition coefficient (Wildman–Crippen LogP) is 7.13. The number of anilines is 3. The van der Waals surface area contributed by atoms with Crippen LogP contribution in [0.25, 0.3) is 11.0 Å². The number of hydrogen-bond acceptors (Lipinski definition) is 5. The van der Waals surface area contributed by atoms with E-state index in [9.17, 15) is 4.79 Å². The van der Waals surface area contributed by atoms with Gasteiger partial charge in [-0.3, -0.25) is 4.79 Å². The van der Waals surface area contributed by atoms with Crippen molar-refractivity contribution in [2.24, 2.45) is 5.41 Å². The lowest BCUT2D eigenvalue weighted by Gasteiger charge is -2.18. The smallest absolute Gasteiger partial charge is 0.229 e. The van der Waals surface area contributed by atoms with Gasteiger partial charge in [-0.2, -0.15) is 0 Å². The molecule has 33 heavy (non-hydrogen) atoms. The van der Waals surface area contributed by atoms with Crippen molar-refractivity contribution < 1.29 is 4.79 Å². The van der Waals surface area contributed by atoms with Crippen LogP contribution in [0.1, 0.15) is 32.0 Å². The number of nitrogens with zero attached hydrogens (tertiary/aromatic N) is 2. The minimum atomic E-state index is -0.429. The second-order valence-electron chi connectivity index (χ2n) is 9.14. The number of benzene rings is 2. The van der Waals surface area contributed by atoms with E-state index in [4.69, 9.17) is 0 Å². The van der Waals surface area contributed by atoms with Crippen molar-refractivity contribution in [2.45, 2.75) is 44.4 Å². The molecule has 0 atom stereocenters. The first-order valence-corrected chi connectivity index (χ1v) is 11.7. The second-order valence-corrected chi connectivity index (χ2v) is 10.3. The summed E-state index contributed by atoms with van der Waals surface area (Å²) in [7, 11) is 0. The van der Waals surface area contributed by atoms with Crippen LogP contribution in [0.2, 0.25) is 0 Å². The van der Waals surface area contributed by atoms with Gasteiger partial charge in [-0.15, -0.1) is 0 Å². The molecular weight excluding hydrogens is 428 g/mol. The summed E-state index contributed by atoms with van der Waals surface area (Å²) in [6.45, 7) is 9.77. The Bertz CT molecular complexity index is 1310. The van der Waals surface area contributed by atoms with Gasteiger partial charge < -0.3 is 10.6 Å². The van der Waals surface area contributed by atoms with Crippen molar-refractivity contribution in [1.29, 1.82) is 0 Å². The molecule has 0 aliphatic heterocycles. The number of hydrogen-bond donors (Lipinski definition) is 2. The Morgan fingerprint density at radius 1 is 0.909 bits per heavy atom. The first kappa shape index (κ1) is 22.8. The fourth-order valence-electron chi connectivity index (χ4n) is 3.26. The van der Waals surface area contributed by atoms with E-state index < -0.39 is 5.41 Å². The number of pyridine rings is 2. The van der Waals surface area contributed by atoms with Crippen molar-refractivity contribution in [2.75, 3.05) is 10.6 Å². The van der Waals surface area contributed by atoms with Crippen LogP contribution < -0.4 is 10.6 Å². The molecule has 2 heterocycles. The normalized spacial score (nSPS) is 11.4. The highest BCUT2D eigenvalue weighted by Gasteiger charge is 2.21. The molecule has 6 heteroatoms. The summed E-state index contributed by atoms with van der Waals surface area (Å²) in [5.41, 5.74) is 5.22. The van der Waals surface area contributed by atoms with Crippen LogP contribution in [0, 0.1) is 19.3 Å². The number of fused-ring (bicyclic) bond motifs is 1. The Labute approximate surface area is 199 Å². The average molecular weight is 457 g/mol. The molecule has 1 amide bonds. The molecule has 2 aromatic heterocycles. The van der Waals surface area contributed by atoms with Crippen LogP contribution in [0.4, 0.5) is 17.1 Å². The number of carbonyl (C=O) groups excluding carboxylic acids is 1. The summed E-state index contributed by atoms with van der Waals surface area (Å²) in [4.78, 5) is 23.4. The Balaban J connectivity index is 1.58. The minimum absolute atomic E-state index is 0.00202. The van der Waals surface area contributed by atoms with E-state index in [2.05, 4.69) is 51.8 Å². The topological polar surface area (TPSA) is 66.9 Å². The van der Waals surface area contributed by atoms with Crippen LogP contribution in [0.15, 0.2) is 76.7 Å². The Kier molecular flexibility index (Phi) is 6.38. The third-order valence-corrected chi connectivity index (χ3v) is 6.25. The Morgan fingerprint density at radius 2 is 1.67 bits per heavy atom. The maximum Gasteiger partial charge on any atom is 0.229 e. The summed E-state index contributed by atoms with van der Waals surface area (Å²) in [5.74, 6) is 0.00202. The van der Waals surface area contributed by atoms with E-state index in [1.165, 1.54) is 5.56 Å². The standard InChI is InChI=1S/C27H28N4OS/c1-17-6-13-24(33-20-10-8-19(9-11-20)30-26(32)27(3,4)5)23(16-17)31-22-14-15-28-25-21(22)12-7-18(2)29-25/h6-16H,1-5H3,(H,30,32)(H,28,29,31). The molecule has 0 fully saturated rings. The van der Waals surface area contributed by atoms with Gasteiger partial charge in [0.2, 0.25) is 5.91 Å². The molecule has 2 aromatic carbocycles. The van der Waals surface area contributed by atoms with Crippen molar-refractivity contribution in [3.8, 4) is 0 Å². The van der Waals surface area contributed by atoms with Crippen LogP contribution in [-0.4, -0.2) is 15.9 Å². The summed E-state index contributed by atoms with van der Waals surface area (Å²) in [6, 6.07) is 20.4. The summed E-state index contributed by atoms with van der Waals surface area (Å²) < 4.78 is 0. The Hall–Kier alpha value is -3.38. The van der Waals surface area contributed by atoms with E-state index in [0.29, 0.717) is 0 Å². The average Bonchev–Trinajstić information content (AvgIpc) is 2.76. The zero-order valence-electron chi connectivity index (χ0n) is 19.6. The molecule has 168 valence electrons. The molecule has 0 aliphatic rings. The molecular formula is C27H28N4OS. The molecule has 0 aliphatic carbocycles. The lowest BCUT2D eigenvalue weighted by molar-refractivity contribution is -0.123. The number of aryl methyl sites for hydroxylation is 2. The SMILES string of the molecule is Cc1ccc(Sc2ccc(NC(=O)C(C)(C)C)cc2)c(Nc2ccnc3nc(C)ccc23)c1. The van der Waals surface area contributed by atoms with Gasteiger partial charge in [0.1, 0.15) is 0 Å². The van der Waals surface area contributed by atoms with Gasteiger partial charge in [-0.05, 0) is 74.0 Å². The van der Waals surface area contributed by atoms with Gasteiger partial charge in [0, 0.05) is 38.2 Å². The molecule has 0 radical (unpaired) electrons. The van der Waals surface area contributed by atoms with Crippen molar-refractivity contribution in [3.05, 3.63) is 78.1 Å². The number of aromatic nitrogens is 2. The molecule has 0 bridgehead atoms. The monoisotopic (exact) mass is 456 g/mol. The van der Waals surface area contributed by atoms with E-state index in [0.717, 1.165) is 43.6 Å². The molecule has 0 spiro atoms. The fourth-order valence-corrected chi connectivity index (χ4v) is 4.14. The third-order valence-electron chi connectivity index (χ3n) is 5.17. The van der Waals surface area contributed by atoms with Gasteiger partial charge in [-0.25, -0.2) is 9.97 Å². The van der Waals surface area contributed by atoms with E-state index in [-0.39, 0.29) is 5.91 Å². The maximum atomic E-state index is 12.2. The molecule has 2 N–H and O–H groups in total. The third kappa shape index (κ3) is 5.52. The molecule has 0 saturated carbocycles. The lowest BCUT2D eigenvalue weighted by Crippen LogP contribution is -2.27. The summed E-state index contributed by atoms with van der Waals surface area (Å²) in [6.07, 6.45) is 1.78. The minimum Gasteiger partial charge on any atom is -0.354 e. The van der Waals surface area contributed by atoms with Crippen LogP contribution >= 0.6 is 11.8 Å². The first-order chi connectivity index (χ1) is 15.7. The summed E-state index contributed by atoms with van der Waals surface area (Å²) >= 11 is 1.68. The van der Waals surface area contributed by atoms with Gasteiger partial charge in [0.25, 0.3) is 0 Å². The van der Waals surface area contributed by atoms with Gasteiger partial charge in [0.05, 0.1) is 11.4 Å². The van der Waals surface area contributed by atoms with Crippen LogP contribution in [0.5, 0.6) is 0 Å². The van der Waals surface area contributed by atoms with E-state index >= 15 is 0 Å². The van der Waals surface area contributed by atoms with Crippen molar-refractivity contribution in [3.63, 3.8) is 0 Å². The van der Waals surface area contributed by atoms with Gasteiger partial charge in [0.15, 0.2) is 5.65 Å². The molecule has 0 unspecified atom stereocenters. The van der Waals surface area contributed by atoms with E-state index in [1.54, 1.807) is 18.0 Å². The molecule has 4 aromatic rings. The first-order valence-electron chi connectivity index (χ1n) is 10.9. The highest BCUT2D eigenvalue weighted by molar-refractivity contribution is 7.99. The zero-order valence-corrected chi connectivity index (χ0v) is 20.4. The summed E-state index contributed by atoms with van der Waals surface area (Å²) in [5, 5.41) is 7.55. The predicted molar refractivity (Wildman–Crippen MR) is 137 cm³/mol. The number of carbonyl (C=O) groups is 1. The molecule has 0 saturated heterocycles. The number of amides is 1. The van der Waals surface area contributed by atoms with Crippen LogP contribution in [0.3, 0.4) is 0 Å². The van der Waals surface area contributed by atoms with Crippen molar-refractivity contribution in [1.82, 2.24) is 9.97 Å². The van der Waals surface area contributed by atoms with Gasteiger partial charge >= 0.3 is 0 Å². The number of nitrogens with one attached hydrogen (secondary N) is 2. The van der Waals surface area contributed by atoms with E-state index in [1.807, 2.05) is 64.1 Å². The molecule has 5 nitrogen and oxygen atoms in total. The zero-order chi connectivity index (χ0) is 23.6. The van der Waals surface area contributed by atoms with Crippen molar-refractivity contribution >= 4 is 45.8 Å². The lowest BCUT2D eigenvalue weighted by atomic mass is 9.95. The highest BCUT2D eigenvalue weighted by Crippen LogP contribution is 2.37. The second kappa shape index (κ2) is 9.24. The quantitative estimate of drug-likeness (QED) is 0.334. The fraction of sp³-hybridized carbons (Fsp3) is 0.222. The van der Waals surface area contributed by atoms with Gasteiger partial charge in [-0.1, -0.05) is 38.6 Å². The van der Waals surface area contributed by atoms with Crippen LogP contribution in [-0.2, 0) is 4.79 Å².